The van der Waals surface area contributed by atoms with Crippen molar-refractivity contribution in [1.82, 2.24) is 14.8 Å². The van der Waals surface area contributed by atoms with E-state index in [0.29, 0.717) is 12.1 Å². The van der Waals surface area contributed by atoms with Crippen LogP contribution < -0.4 is 5.73 Å². The Bertz CT molecular complexity index is 598. The first-order valence-electron chi connectivity index (χ1n) is 8.40. The second kappa shape index (κ2) is 7.27. The standard InChI is InChI=1S/C17H24N4O3/c1-24-14-8-13(10-20-6-2-3-7-20)21(11-14)17(23)12-4-5-15(16(18)22)19-9-12/h4-5,9,13-14H,2-3,6-8,10-11H2,1H3,(H2,18,22)/t13-,14-/m0/s1. The van der Waals surface area contributed by atoms with Crippen LogP contribution in [0.5, 0.6) is 0 Å². The highest BCUT2D eigenvalue weighted by molar-refractivity contribution is 5.96. The van der Waals surface area contributed by atoms with Crippen molar-refractivity contribution in [2.45, 2.75) is 31.4 Å². The van der Waals surface area contributed by atoms with E-state index in [1.165, 1.54) is 25.1 Å². The van der Waals surface area contributed by atoms with Crippen molar-refractivity contribution in [2.75, 3.05) is 33.3 Å². The van der Waals surface area contributed by atoms with E-state index in [2.05, 4.69) is 9.88 Å². The van der Waals surface area contributed by atoms with Crippen LogP contribution in [0.1, 0.15) is 40.1 Å². The lowest BCUT2D eigenvalue weighted by Gasteiger charge is -2.28. The molecule has 0 aromatic carbocycles. The third kappa shape index (κ3) is 3.57. The molecule has 2 saturated heterocycles. The van der Waals surface area contributed by atoms with Crippen LogP contribution in [0.4, 0.5) is 0 Å². The van der Waals surface area contributed by atoms with Gasteiger partial charge in [0, 0.05) is 32.4 Å². The maximum absolute atomic E-state index is 12.9. The molecular weight excluding hydrogens is 308 g/mol. The molecule has 7 nitrogen and oxygen atoms in total. The number of ether oxygens (including phenoxy) is 1. The summed E-state index contributed by atoms with van der Waals surface area (Å²) in [4.78, 5) is 32.2. The summed E-state index contributed by atoms with van der Waals surface area (Å²) >= 11 is 0. The molecule has 3 rings (SSSR count). The number of hydrogen-bond donors (Lipinski definition) is 1. The lowest BCUT2D eigenvalue weighted by atomic mass is 10.1. The van der Waals surface area contributed by atoms with Crippen LogP contribution in [0.2, 0.25) is 0 Å². The quantitative estimate of drug-likeness (QED) is 0.848. The molecule has 2 N–H and O–H groups in total. The van der Waals surface area contributed by atoms with Crippen molar-refractivity contribution in [1.29, 1.82) is 0 Å². The summed E-state index contributed by atoms with van der Waals surface area (Å²) in [7, 11) is 1.69. The van der Waals surface area contributed by atoms with Gasteiger partial charge in [0.2, 0.25) is 0 Å². The third-order valence-corrected chi connectivity index (χ3v) is 4.90. The number of primary amides is 1. The lowest BCUT2D eigenvalue weighted by molar-refractivity contribution is 0.0669. The average molecular weight is 332 g/mol. The Morgan fingerprint density at radius 1 is 1.33 bits per heavy atom. The Kier molecular flexibility index (Phi) is 5.11. The number of likely N-dealkylation sites (tertiary alicyclic amines) is 2. The molecule has 0 spiro atoms. The van der Waals surface area contributed by atoms with E-state index in [-0.39, 0.29) is 23.7 Å². The van der Waals surface area contributed by atoms with Crippen LogP contribution in [0, 0.1) is 0 Å². The van der Waals surface area contributed by atoms with E-state index in [0.717, 1.165) is 26.1 Å². The molecule has 2 amide bonds. The monoisotopic (exact) mass is 332 g/mol. The van der Waals surface area contributed by atoms with E-state index in [4.69, 9.17) is 10.5 Å². The molecule has 1 aromatic rings. The highest BCUT2D eigenvalue weighted by Gasteiger charge is 2.37. The molecule has 3 heterocycles. The Balaban J connectivity index is 1.73. The maximum atomic E-state index is 12.9. The predicted octanol–water partition coefficient (Wildman–Crippen LogP) is 0.506. The van der Waals surface area contributed by atoms with Gasteiger partial charge in [-0.15, -0.1) is 0 Å². The van der Waals surface area contributed by atoms with Crippen LogP contribution in [0.3, 0.4) is 0 Å². The van der Waals surface area contributed by atoms with Gasteiger partial charge in [0.25, 0.3) is 11.8 Å². The number of carbonyl (C=O) groups excluding carboxylic acids is 2. The summed E-state index contributed by atoms with van der Waals surface area (Å²) in [6.07, 6.45) is 4.81. The molecule has 1 aromatic heterocycles. The molecular formula is C17H24N4O3. The minimum Gasteiger partial charge on any atom is -0.380 e. The van der Waals surface area contributed by atoms with Crippen LogP contribution in [-0.2, 0) is 4.74 Å². The molecule has 0 unspecified atom stereocenters. The van der Waals surface area contributed by atoms with Crippen molar-refractivity contribution in [3.63, 3.8) is 0 Å². The Hall–Kier alpha value is -1.99. The largest absolute Gasteiger partial charge is 0.380 e. The minimum absolute atomic E-state index is 0.0673. The van der Waals surface area contributed by atoms with Crippen LogP contribution in [0.15, 0.2) is 18.3 Å². The fraction of sp³-hybridized carbons (Fsp3) is 0.588. The Morgan fingerprint density at radius 2 is 2.08 bits per heavy atom. The average Bonchev–Trinajstić information content (AvgIpc) is 3.24. The first-order chi connectivity index (χ1) is 11.6. The number of methoxy groups -OCH3 is 1. The van der Waals surface area contributed by atoms with Crippen LogP contribution in [-0.4, -0.2) is 72.0 Å². The highest BCUT2D eigenvalue weighted by Crippen LogP contribution is 2.24. The lowest BCUT2D eigenvalue weighted by Crippen LogP contribution is -2.42. The van der Waals surface area contributed by atoms with E-state index in [9.17, 15) is 9.59 Å². The summed E-state index contributed by atoms with van der Waals surface area (Å²) in [5.74, 6) is -0.663. The zero-order valence-corrected chi connectivity index (χ0v) is 14.0. The summed E-state index contributed by atoms with van der Waals surface area (Å²) < 4.78 is 5.48. The van der Waals surface area contributed by atoms with Crippen molar-refractivity contribution in [2.24, 2.45) is 5.73 Å². The van der Waals surface area contributed by atoms with Crippen LogP contribution >= 0.6 is 0 Å². The van der Waals surface area contributed by atoms with Crippen molar-refractivity contribution >= 4 is 11.8 Å². The first kappa shape index (κ1) is 16.9. The molecule has 24 heavy (non-hydrogen) atoms. The van der Waals surface area contributed by atoms with Crippen LogP contribution in [0.25, 0.3) is 0 Å². The second-order valence-electron chi connectivity index (χ2n) is 6.51. The summed E-state index contributed by atoms with van der Waals surface area (Å²) in [6.45, 7) is 3.68. The highest BCUT2D eigenvalue weighted by atomic mass is 16.5. The van der Waals surface area contributed by atoms with E-state index in [1.807, 2.05) is 4.90 Å². The minimum atomic E-state index is -0.596. The van der Waals surface area contributed by atoms with Gasteiger partial charge >= 0.3 is 0 Å². The number of nitrogens with two attached hydrogens (primary N) is 1. The fourth-order valence-corrected chi connectivity index (χ4v) is 3.56. The number of rotatable bonds is 5. The first-order valence-corrected chi connectivity index (χ1v) is 8.40. The number of carbonyl (C=O) groups is 2. The molecule has 2 aliphatic rings. The maximum Gasteiger partial charge on any atom is 0.267 e. The van der Waals surface area contributed by atoms with Crippen molar-refractivity contribution in [3.05, 3.63) is 29.6 Å². The van der Waals surface area contributed by atoms with Gasteiger partial charge < -0.3 is 20.3 Å². The van der Waals surface area contributed by atoms with Gasteiger partial charge in [-0.3, -0.25) is 14.6 Å². The molecule has 2 fully saturated rings. The number of nitrogens with zero attached hydrogens (tertiary/aromatic N) is 3. The topological polar surface area (TPSA) is 88.8 Å². The fourth-order valence-electron chi connectivity index (χ4n) is 3.56. The van der Waals surface area contributed by atoms with Crippen molar-refractivity contribution in [3.8, 4) is 0 Å². The molecule has 0 radical (unpaired) electrons. The second-order valence-corrected chi connectivity index (χ2v) is 6.51. The summed E-state index contributed by atoms with van der Waals surface area (Å²) in [5, 5.41) is 0. The van der Waals surface area contributed by atoms with Crippen molar-refractivity contribution < 1.29 is 14.3 Å². The zero-order chi connectivity index (χ0) is 17.1. The smallest absolute Gasteiger partial charge is 0.267 e. The summed E-state index contributed by atoms with van der Waals surface area (Å²) in [6, 6.07) is 3.26. The normalized spacial score (nSPS) is 24.5. The molecule has 2 atom stereocenters. The van der Waals surface area contributed by atoms with Gasteiger partial charge in [0.05, 0.1) is 11.7 Å². The van der Waals surface area contributed by atoms with E-state index < -0.39 is 5.91 Å². The van der Waals surface area contributed by atoms with Gasteiger partial charge in [0.1, 0.15) is 5.69 Å². The number of aromatic nitrogens is 1. The summed E-state index contributed by atoms with van der Waals surface area (Å²) in [5.41, 5.74) is 5.83. The molecule has 0 saturated carbocycles. The van der Waals surface area contributed by atoms with E-state index in [1.54, 1.807) is 13.2 Å². The molecule has 130 valence electrons. The van der Waals surface area contributed by atoms with E-state index >= 15 is 0 Å². The van der Waals surface area contributed by atoms with Gasteiger partial charge in [-0.25, -0.2) is 0 Å². The molecule has 0 aliphatic carbocycles. The van der Waals surface area contributed by atoms with Gasteiger partial charge in [-0.1, -0.05) is 0 Å². The van der Waals surface area contributed by atoms with Gasteiger partial charge in [-0.05, 0) is 44.5 Å². The van der Waals surface area contributed by atoms with Gasteiger partial charge in [0.15, 0.2) is 0 Å². The predicted molar refractivity (Wildman–Crippen MR) is 88.7 cm³/mol. The number of amides is 2. The SMILES string of the molecule is CO[C@H]1C[C@@H](CN2CCCC2)N(C(=O)c2ccc(C(N)=O)nc2)C1. The molecule has 7 heteroatoms. The zero-order valence-electron chi connectivity index (χ0n) is 14.0. The number of hydrogen-bond acceptors (Lipinski definition) is 5. The number of pyridine rings is 1. The molecule has 0 bridgehead atoms. The third-order valence-electron chi connectivity index (χ3n) is 4.90. The Morgan fingerprint density at radius 3 is 2.67 bits per heavy atom. The Labute approximate surface area is 141 Å². The van der Waals surface area contributed by atoms with Gasteiger partial charge in [-0.2, -0.15) is 0 Å². The molecule has 2 aliphatic heterocycles.